The molecule has 1 aromatic carbocycles. The fourth-order valence-electron chi connectivity index (χ4n) is 1.72. The quantitative estimate of drug-likeness (QED) is 0.891. The minimum atomic E-state index is -0.135. The van der Waals surface area contributed by atoms with Crippen molar-refractivity contribution in [2.75, 3.05) is 0 Å². The Balaban J connectivity index is 2.03. The molecule has 4 heteroatoms. The number of rotatable bonds is 3. The number of carbonyl (C=O) groups is 1. The van der Waals surface area contributed by atoms with E-state index in [9.17, 15) is 4.79 Å². The Morgan fingerprint density at radius 2 is 2.22 bits per heavy atom. The summed E-state index contributed by atoms with van der Waals surface area (Å²) in [5.41, 5.74) is 2.44. The van der Waals surface area contributed by atoms with Gasteiger partial charge in [0.2, 0.25) is 0 Å². The van der Waals surface area contributed by atoms with E-state index in [1.165, 1.54) is 4.57 Å². The normalized spacial score (nSPS) is 9.78. The van der Waals surface area contributed by atoms with E-state index in [2.05, 4.69) is 5.32 Å². The molecule has 0 aliphatic rings. The highest BCUT2D eigenvalue weighted by atomic mass is 16.1. The third kappa shape index (κ3) is 2.58. The molecular weight excluding hydrogens is 226 g/mol. The molecule has 0 aliphatic heterocycles. The summed E-state index contributed by atoms with van der Waals surface area (Å²) >= 11 is 0. The van der Waals surface area contributed by atoms with Gasteiger partial charge in [-0.15, -0.1) is 0 Å². The number of hydrogen-bond donors (Lipinski definition) is 1. The van der Waals surface area contributed by atoms with E-state index in [0.29, 0.717) is 12.1 Å². The minimum Gasteiger partial charge on any atom is -0.346 e. The van der Waals surface area contributed by atoms with E-state index in [4.69, 9.17) is 5.26 Å². The fraction of sp³-hybridized carbons (Fsp3) is 0.143. The van der Waals surface area contributed by atoms with Gasteiger partial charge >= 0.3 is 0 Å². The molecule has 0 saturated heterocycles. The lowest BCUT2D eigenvalue weighted by Gasteiger charge is -2.05. The summed E-state index contributed by atoms with van der Waals surface area (Å²) in [6.07, 6.45) is 3.67. The van der Waals surface area contributed by atoms with Crippen LogP contribution in [0.25, 0.3) is 0 Å². The first-order valence-electron chi connectivity index (χ1n) is 5.62. The van der Waals surface area contributed by atoms with E-state index < -0.39 is 0 Å². The Morgan fingerprint density at radius 1 is 1.39 bits per heavy atom. The van der Waals surface area contributed by atoms with Crippen LogP contribution in [0.3, 0.4) is 0 Å². The molecule has 0 unspecified atom stereocenters. The summed E-state index contributed by atoms with van der Waals surface area (Å²) in [4.78, 5) is 11.9. The number of nitrogens with zero attached hydrogens (tertiary/aromatic N) is 2. The zero-order valence-corrected chi connectivity index (χ0v) is 10.1. The number of nitrogens with one attached hydrogen (secondary N) is 1. The highest BCUT2D eigenvalue weighted by Crippen LogP contribution is 2.05. The lowest BCUT2D eigenvalue weighted by atomic mass is 10.1. The molecule has 0 bridgehead atoms. The SMILES string of the molecule is Cc1cccc(C(=O)NCc2cccn2C#N)c1. The van der Waals surface area contributed by atoms with Gasteiger partial charge in [0.15, 0.2) is 6.19 Å². The van der Waals surface area contributed by atoms with Crippen LogP contribution < -0.4 is 5.32 Å². The van der Waals surface area contributed by atoms with E-state index in [1.807, 2.05) is 31.3 Å². The Morgan fingerprint density at radius 3 is 2.94 bits per heavy atom. The predicted octanol–water partition coefficient (Wildman–Crippen LogP) is 2.06. The van der Waals surface area contributed by atoms with Crippen LogP contribution in [-0.2, 0) is 6.54 Å². The summed E-state index contributed by atoms with van der Waals surface area (Å²) in [5, 5.41) is 11.6. The highest BCUT2D eigenvalue weighted by Gasteiger charge is 2.06. The minimum absolute atomic E-state index is 0.135. The van der Waals surface area contributed by atoms with Gasteiger partial charge in [0.25, 0.3) is 5.91 Å². The smallest absolute Gasteiger partial charge is 0.251 e. The molecule has 2 aromatic rings. The van der Waals surface area contributed by atoms with Gasteiger partial charge in [-0.05, 0) is 31.2 Å². The molecule has 4 nitrogen and oxygen atoms in total. The molecule has 1 heterocycles. The molecule has 2 rings (SSSR count). The zero-order chi connectivity index (χ0) is 13.0. The maximum Gasteiger partial charge on any atom is 0.251 e. The maximum atomic E-state index is 11.9. The molecule has 18 heavy (non-hydrogen) atoms. The predicted molar refractivity (Wildman–Crippen MR) is 67.8 cm³/mol. The van der Waals surface area contributed by atoms with Crippen molar-refractivity contribution in [3.8, 4) is 6.19 Å². The number of aromatic nitrogens is 1. The van der Waals surface area contributed by atoms with Gasteiger partial charge in [0, 0.05) is 11.8 Å². The summed E-state index contributed by atoms with van der Waals surface area (Å²) in [7, 11) is 0. The first-order chi connectivity index (χ1) is 8.70. The van der Waals surface area contributed by atoms with Crippen molar-refractivity contribution < 1.29 is 4.79 Å². The highest BCUT2D eigenvalue weighted by molar-refractivity contribution is 5.94. The van der Waals surface area contributed by atoms with Gasteiger partial charge < -0.3 is 5.32 Å². The van der Waals surface area contributed by atoms with E-state index in [0.717, 1.165) is 11.3 Å². The van der Waals surface area contributed by atoms with E-state index >= 15 is 0 Å². The van der Waals surface area contributed by atoms with Crippen LogP contribution in [0.4, 0.5) is 0 Å². The number of carbonyl (C=O) groups excluding carboxylic acids is 1. The molecule has 0 radical (unpaired) electrons. The second-order valence-corrected chi connectivity index (χ2v) is 4.02. The van der Waals surface area contributed by atoms with Crippen LogP contribution in [0, 0.1) is 18.4 Å². The third-order valence-electron chi connectivity index (χ3n) is 2.65. The molecule has 0 fully saturated rings. The van der Waals surface area contributed by atoms with Crippen LogP contribution >= 0.6 is 0 Å². The van der Waals surface area contributed by atoms with Gasteiger partial charge in [0.05, 0.1) is 12.2 Å². The fourth-order valence-corrected chi connectivity index (χ4v) is 1.72. The molecule has 90 valence electrons. The summed E-state index contributed by atoms with van der Waals surface area (Å²) in [6.45, 7) is 2.28. The van der Waals surface area contributed by atoms with Crippen molar-refractivity contribution in [2.24, 2.45) is 0 Å². The number of amides is 1. The van der Waals surface area contributed by atoms with Crippen LogP contribution in [-0.4, -0.2) is 10.5 Å². The summed E-state index contributed by atoms with van der Waals surface area (Å²) in [5.74, 6) is -0.135. The second kappa shape index (κ2) is 5.19. The molecular formula is C14H13N3O. The molecule has 1 N–H and O–H groups in total. The molecule has 1 aromatic heterocycles. The molecule has 0 saturated carbocycles. The molecule has 1 amide bonds. The first-order valence-corrected chi connectivity index (χ1v) is 5.62. The zero-order valence-electron chi connectivity index (χ0n) is 10.1. The van der Waals surface area contributed by atoms with Crippen molar-refractivity contribution >= 4 is 5.91 Å². The van der Waals surface area contributed by atoms with Gasteiger partial charge in [-0.3, -0.25) is 9.36 Å². The van der Waals surface area contributed by atoms with Crippen LogP contribution in [0.15, 0.2) is 42.6 Å². The van der Waals surface area contributed by atoms with Gasteiger partial charge in [0.1, 0.15) is 0 Å². The average Bonchev–Trinajstić information content (AvgIpc) is 2.83. The molecule has 0 atom stereocenters. The van der Waals surface area contributed by atoms with Crippen molar-refractivity contribution in [1.29, 1.82) is 5.26 Å². The Labute approximate surface area is 105 Å². The number of hydrogen-bond acceptors (Lipinski definition) is 2. The lowest BCUT2D eigenvalue weighted by Crippen LogP contribution is -2.23. The van der Waals surface area contributed by atoms with E-state index in [1.54, 1.807) is 24.4 Å². The molecule has 0 spiro atoms. The van der Waals surface area contributed by atoms with Crippen molar-refractivity contribution in [1.82, 2.24) is 9.88 Å². The Kier molecular flexibility index (Phi) is 3.44. The Hall–Kier alpha value is -2.54. The number of benzene rings is 1. The second-order valence-electron chi connectivity index (χ2n) is 4.02. The standard InChI is InChI=1S/C14H13N3O/c1-11-4-2-5-12(8-11)14(18)16-9-13-6-3-7-17(13)10-15/h2-8H,9H2,1H3,(H,16,18). The van der Waals surface area contributed by atoms with Crippen LogP contribution in [0.2, 0.25) is 0 Å². The average molecular weight is 239 g/mol. The number of nitriles is 1. The molecule has 0 aliphatic carbocycles. The van der Waals surface area contributed by atoms with Crippen molar-refractivity contribution in [3.63, 3.8) is 0 Å². The first kappa shape index (κ1) is 11.9. The third-order valence-corrected chi connectivity index (χ3v) is 2.65. The van der Waals surface area contributed by atoms with Crippen molar-refractivity contribution in [2.45, 2.75) is 13.5 Å². The van der Waals surface area contributed by atoms with Crippen LogP contribution in [0.5, 0.6) is 0 Å². The summed E-state index contributed by atoms with van der Waals surface area (Å²) in [6, 6.07) is 11.0. The van der Waals surface area contributed by atoms with Gasteiger partial charge in [-0.2, -0.15) is 5.26 Å². The van der Waals surface area contributed by atoms with Gasteiger partial charge in [-0.1, -0.05) is 17.7 Å². The maximum absolute atomic E-state index is 11.9. The topological polar surface area (TPSA) is 57.8 Å². The lowest BCUT2D eigenvalue weighted by molar-refractivity contribution is 0.0950. The summed E-state index contributed by atoms with van der Waals surface area (Å²) < 4.78 is 1.43. The van der Waals surface area contributed by atoms with E-state index in [-0.39, 0.29) is 5.91 Å². The largest absolute Gasteiger partial charge is 0.346 e. The van der Waals surface area contributed by atoms with Crippen molar-refractivity contribution in [3.05, 3.63) is 59.4 Å². The number of aryl methyl sites for hydroxylation is 1. The van der Waals surface area contributed by atoms with Gasteiger partial charge in [-0.25, -0.2) is 0 Å². The Bertz CT molecular complexity index is 607. The monoisotopic (exact) mass is 239 g/mol. The van der Waals surface area contributed by atoms with Crippen LogP contribution in [0.1, 0.15) is 21.6 Å².